The molecule has 0 aliphatic rings. The Morgan fingerprint density at radius 1 is 1.52 bits per heavy atom. The van der Waals surface area contributed by atoms with Gasteiger partial charge in [-0.05, 0) is 12.1 Å². The molecule has 1 aromatic carbocycles. The van der Waals surface area contributed by atoms with Crippen molar-refractivity contribution in [2.75, 3.05) is 16.8 Å². The summed E-state index contributed by atoms with van der Waals surface area (Å²) >= 11 is 2.77. The number of H-pyrrole nitrogens is 1. The first-order valence-corrected chi connectivity index (χ1v) is 8.68. The van der Waals surface area contributed by atoms with E-state index >= 15 is 0 Å². The van der Waals surface area contributed by atoms with Gasteiger partial charge in [-0.2, -0.15) is 10.2 Å². The van der Waals surface area contributed by atoms with Gasteiger partial charge in [-0.15, -0.1) is 16.9 Å². The molecule has 0 aliphatic carbocycles. The van der Waals surface area contributed by atoms with E-state index in [0.29, 0.717) is 11.6 Å². The van der Waals surface area contributed by atoms with Crippen LogP contribution in [0.5, 0.6) is 0 Å². The van der Waals surface area contributed by atoms with E-state index in [0.717, 1.165) is 10.6 Å². The molecule has 0 saturated carbocycles. The Hall–Kier alpha value is -2.18. The molecule has 1 atom stereocenters. The molecule has 0 unspecified atom stereocenters. The van der Waals surface area contributed by atoms with Crippen LogP contribution in [0.4, 0.5) is 11.6 Å². The molecule has 1 aromatic heterocycles. The van der Waals surface area contributed by atoms with Gasteiger partial charge in [0, 0.05) is 16.6 Å². The molecule has 2 aromatic rings. The largest absolute Gasteiger partial charge is 0.368 e. The van der Waals surface area contributed by atoms with Gasteiger partial charge in [-0.1, -0.05) is 30.8 Å². The molecule has 9 heteroatoms. The average Bonchev–Trinajstić information content (AvgIpc) is 2.93. The van der Waals surface area contributed by atoms with Gasteiger partial charge in [0.15, 0.2) is 0 Å². The van der Waals surface area contributed by atoms with Crippen molar-refractivity contribution in [2.24, 2.45) is 0 Å². The maximum Gasteiger partial charge on any atom is 0.234 e. The number of carbonyl (C=O) groups is 1. The highest BCUT2D eigenvalue weighted by atomic mass is 32.2. The molecule has 0 aliphatic heterocycles. The van der Waals surface area contributed by atoms with Gasteiger partial charge in [-0.25, -0.2) is 5.10 Å². The molecule has 120 valence electrons. The van der Waals surface area contributed by atoms with Crippen LogP contribution in [-0.2, 0) is 4.79 Å². The van der Waals surface area contributed by atoms with Crippen LogP contribution in [0.25, 0.3) is 0 Å². The summed E-state index contributed by atoms with van der Waals surface area (Å²) in [4.78, 5) is 16.9. The number of thioether (sulfide) groups is 2. The average molecular weight is 348 g/mol. The number of hydrogen-bond donors (Lipinski definition) is 3. The zero-order chi connectivity index (χ0) is 16.7. The Bertz CT molecular complexity index is 711. The number of nitrogens with zero attached hydrogens (tertiary/aromatic N) is 3. The first-order chi connectivity index (χ1) is 11.1. The third kappa shape index (κ3) is 5.50. The van der Waals surface area contributed by atoms with Gasteiger partial charge < -0.3 is 11.1 Å². The van der Waals surface area contributed by atoms with E-state index in [2.05, 4.69) is 26.6 Å². The predicted octanol–water partition coefficient (Wildman–Crippen LogP) is 2.51. The van der Waals surface area contributed by atoms with Crippen molar-refractivity contribution in [2.45, 2.75) is 28.6 Å². The summed E-state index contributed by atoms with van der Waals surface area (Å²) < 4.78 is 0. The van der Waals surface area contributed by atoms with Gasteiger partial charge in [-0.3, -0.25) is 4.79 Å². The third-order valence-corrected chi connectivity index (χ3v) is 4.71. The smallest absolute Gasteiger partial charge is 0.234 e. The molecule has 2 rings (SSSR count). The number of nitriles is 1. The first-order valence-electron chi connectivity index (χ1n) is 6.81. The second-order valence-corrected chi connectivity index (χ2v) is 7.05. The zero-order valence-electron chi connectivity index (χ0n) is 12.4. The van der Waals surface area contributed by atoms with Crippen LogP contribution in [0, 0.1) is 11.3 Å². The number of nitrogen functional groups attached to an aromatic ring is 1. The third-order valence-electron chi connectivity index (χ3n) is 2.68. The van der Waals surface area contributed by atoms with Crippen LogP contribution in [0.3, 0.4) is 0 Å². The highest BCUT2D eigenvalue weighted by Crippen LogP contribution is 2.31. The van der Waals surface area contributed by atoms with Crippen LogP contribution < -0.4 is 11.1 Å². The van der Waals surface area contributed by atoms with Crippen molar-refractivity contribution in [1.29, 1.82) is 5.26 Å². The monoisotopic (exact) mass is 348 g/mol. The highest BCUT2D eigenvalue weighted by Gasteiger charge is 2.11. The molecule has 0 radical (unpaired) electrons. The van der Waals surface area contributed by atoms with Crippen molar-refractivity contribution in [3.63, 3.8) is 0 Å². The van der Waals surface area contributed by atoms with Crippen molar-refractivity contribution >= 4 is 41.1 Å². The van der Waals surface area contributed by atoms with Crippen LogP contribution in [0.15, 0.2) is 34.3 Å². The summed E-state index contributed by atoms with van der Waals surface area (Å²) in [5.41, 5.74) is 6.17. The molecule has 0 saturated heterocycles. The van der Waals surface area contributed by atoms with Crippen molar-refractivity contribution < 1.29 is 4.79 Å². The second-order valence-electron chi connectivity index (χ2n) is 4.63. The fourth-order valence-electron chi connectivity index (χ4n) is 1.70. The molecule has 23 heavy (non-hydrogen) atoms. The summed E-state index contributed by atoms with van der Waals surface area (Å²) in [6, 6.07) is 9.68. The number of amides is 1. The summed E-state index contributed by atoms with van der Waals surface area (Å²) in [6.07, 6.45) is 0.453. The minimum atomic E-state index is -0.153. The molecule has 0 spiro atoms. The minimum Gasteiger partial charge on any atom is -0.368 e. The van der Waals surface area contributed by atoms with E-state index in [4.69, 9.17) is 11.0 Å². The number of aromatic amines is 1. The Morgan fingerprint density at radius 2 is 2.30 bits per heavy atom. The highest BCUT2D eigenvalue weighted by molar-refractivity contribution is 8.00. The molecule has 0 fully saturated rings. The van der Waals surface area contributed by atoms with E-state index in [1.165, 1.54) is 11.8 Å². The van der Waals surface area contributed by atoms with Gasteiger partial charge >= 0.3 is 0 Å². The van der Waals surface area contributed by atoms with Crippen molar-refractivity contribution in [3.05, 3.63) is 24.3 Å². The Kier molecular flexibility index (Phi) is 6.31. The van der Waals surface area contributed by atoms with Crippen LogP contribution in [0.2, 0.25) is 0 Å². The number of aromatic nitrogens is 3. The fraction of sp³-hybridized carbons (Fsp3) is 0.286. The first kappa shape index (κ1) is 17.2. The maximum absolute atomic E-state index is 12.1. The summed E-state index contributed by atoms with van der Waals surface area (Å²) in [7, 11) is 0. The fourth-order valence-corrected chi connectivity index (χ4v) is 3.30. The molecular formula is C14H16N6OS2. The van der Waals surface area contributed by atoms with Gasteiger partial charge in [0.1, 0.15) is 0 Å². The number of anilines is 2. The Balaban J connectivity index is 1.93. The summed E-state index contributed by atoms with van der Waals surface area (Å²) in [5, 5.41) is 18.6. The normalized spacial score (nSPS) is 11.7. The van der Waals surface area contributed by atoms with Crippen LogP contribution in [-0.4, -0.2) is 32.1 Å². The Labute approximate surface area is 142 Å². The van der Waals surface area contributed by atoms with E-state index in [9.17, 15) is 4.79 Å². The number of nitrogens with two attached hydrogens (primary N) is 1. The van der Waals surface area contributed by atoms with E-state index in [-0.39, 0.29) is 22.9 Å². The van der Waals surface area contributed by atoms with Gasteiger partial charge in [0.2, 0.25) is 17.0 Å². The minimum absolute atomic E-state index is 0.153. The van der Waals surface area contributed by atoms with Gasteiger partial charge in [0.25, 0.3) is 0 Å². The van der Waals surface area contributed by atoms with Crippen molar-refractivity contribution in [3.8, 4) is 6.07 Å². The number of nitrogens with one attached hydrogen (secondary N) is 2. The Morgan fingerprint density at radius 3 is 3.00 bits per heavy atom. The van der Waals surface area contributed by atoms with E-state index < -0.39 is 0 Å². The van der Waals surface area contributed by atoms with Crippen LogP contribution >= 0.6 is 23.5 Å². The lowest BCUT2D eigenvalue weighted by atomic mass is 10.3. The number of rotatable bonds is 7. The summed E-state index contributed by atoms with van der Waals surface area (Å²) in [5.74, 6) is 0.254. The molecule has 1 heterocycles. The molecular weight excluding hydrogens is 332 g/mol. The van der Waals surface area contributed by atoms with E-state index in [1.54, 1.807) is 11.8 Å². The maximum atomic E-state index is 12.1. The zero-order valence-corrected chi connectivity index (χ0v) is 14.1. The lowest BCUT2D eigenvalue weighted by molar-refractivity contribution is -0.113. The van der Waals surface area contributed by atoms with Gasteiger partial charge in [0.05, 0.1) is 17.5 Å². The molecule has 7 nitrogen and oxygen atoms in total. The number of para-hydroxylation sites is 1. The number of hydrogen-bond acceptors (Lipinski definition) is 7. The summed E-state index contributed by atoms with van der Waals surface area (Å²) in [6.45, 7) is 1.98. The SMILES string of the molecule is C[C@@H](CC#N)Sc1ccccc1NC(=O)CSc1n[nH]c(N)n1. The standard InChI is InChI=1S/C14H16N6OS2/c1-9(6-7-15)23-11-5-3-2-4-10(11)17-12(21)8-22-14-18-13(16)19-20-14/h2-5,9H,6,8H2,1H3,(H,17,21)(H3,16,18,19,20)/t9-/m0/s1. The van der Waals surface area contributed by atoms with E-state index in [1.807, 2.05) is 31.2 Å². The topological polar surface area (TPSA) is 120 Å². The quantitative estimate of drug-likeness (QED) is 0.657. The van der Waals surface area contributed by atoms with Crippen LogP contribution in [0.1, 0.15) is 13.3 Å². The molecule has 4 N–H and O–H groups in total. The lowest BCUT2D eigenvalue weighted by Crippen LogP contribution is -2.15. The van der Waals surface area contributed by atoms with Crippen molar-refractivity contribution in [1.82, 2.24) is 15.2 Å². The second kappa shape index (κ2) is 8.45. The number of carbonyl (C=O) groups excluding carboxylic acids is 1. The number of benzene rings is 1. The molecule has 0 bridgehead atoms. The predicted molar refractivity (Wildman–Crippen MR) is 92.1 cm³/mol. The molecule has 1 amide bonds. The lowest BCUT2D eigenvalue weighted by Gasteiger charge is -2.13.